The molecule has 6 heteroatoms. The van der Waals surface area contributed by atoms with E-state index in [-0.39, 0.29) is 5.41 Å². The Morgan fingerprint density at radius 2 is 2.00 bits per heavy atom. The molecule has 1 aliphatic rings. The van der Waals surface area contributed by atoms with Gasteiger partial charge in [-0.2, -0.15) is 0 Å². The Bertz CT molecular complexity index is 455. The molecule has 1 aromatic heterocycles. The van der Waals surface area contributed by atoms with Crippen LogP contribution in [0.4, 0.5) is 5.82 Å². The van der Waals surface area contributed by atoms with Gasteiger partial charge in [0.2, 0.25) is 0 Å². The number of ether oxygens (including phenoxy) is 1. The Morgan fingerprint density at radius 3 is 2.67 bits per heavy atom. The molecule has 0 aliphatic carbocycles. The zero-order chi connectivity index (χ0) is 15.3. The first-order valence-corrected chi connectivity index (χ1v) is 7.92. The second-order valence-corrected chi connectivity index (χ2v) is 6.77. The molecule has 0 atom stereocenters. The largest absolute Gasteiger partial charge is 0.379 e. The van der Waals surface area contributed by atoms with Crippen molar-refractivity contribution in [1.82, 2.24) is 14.9 Å². The van der Waals surface area contributed by atoms with E-state index in [9.17, 15) is 0 Å². The van der Waals surface area contributed by atoms with Crippen LogP contribution < -0.4 is 5.32 Å². The van der Waals surface area contributed by atoms with Crippen molar-refractivity contribution in [3.8, 4) is 0 Å². The molecule has 0 spiro atoms. The number of aromatic nitrogens is 2. The van der Waals surface area contributed by atoms with Crippen LogP contribution in [0.3, 0.4) is 0 Å². The molecule has 1 aromatic rings. The van der Waals surface area contributed by atoms with Crippen LogP contribution in [0.25, 0.3) is 0 Å². The molecular formula is C15H25ClN4O. The molecule has 0 radical (unpaired) electrons. The first kappa shape index (κ1) is 16.5. The zero-order valence-electron chi connectivity index (χ0n) is 13.2. The van der Waals surface area contributed by atoms with Crippen molar-refractivity contribution >= 4 is 17.4 Å². The minimum absolute atomic E-state index is 0.102. The number of hydrogen-bond donors (Lipinski definition) is 1. The van der Waals surface area contributed by atoms with Gasteiger partial charge >= 0.3 is 0 Å². The molecule has 1 fully saturated rings. The zero-order valence-corrected chi connectivity index (χ0v) is 13.9. The molecule has 2 rings (SSSR count). The van der Waals surface area contributed by atoms with Gasteiger partial charge in [-0.15, -0.1) is 0 Å². The SMILES string of the molecule is CC(C)(C)c1nc(Cl)cc(NCCCN2CCOCC2)n1. The van der Waals surface area contributed by atoms with Crippen LogP contribution in [-0.2, 0) is 10.2 Å². The van der Waals surface area contributed by atoms with E-state index in [4.69, 9.17) is 16.3 Å². The highest BCUT2D eigenvalue weighted by molar-refractivity contribution is 6.29. The van der Waals surface area contributed by atoms with Crippen LogP contribution in [0.1, 0.15) is 33.0 Å². The maximum Gasteiger partial charge on any atom is 0.137 e. The molecule has 118 valence electrons. The third-order valence-electron chi connectivity index (χ3n) is 3.43. The molecule has 5 nitrogen and oxygen atoms in total. The highest BCUT2D eigenvalue weighted by atomic mass is 35.5. The number of nitrogens with zero attached hydrogens (tertiary/aromatic N) is 3. The maximum absolute atomic E-state index is 6.08. The molecule has 0 unspecified atom stereocenters. The number of halogens is 1. The predicted octanol–water partition coefficient (Wildman–Crippen LogP) is 2.56. The van der Waals surface area contributed by atoms with Gasteiger partial charge in [-0.25, -0.2) is 9.97 Å². The molecule has 2 heterocycles. The summed E-state index contributed by atoms with van der Waals surface area (Å²) in [6.07, 6.45) is 1.08. The van der Waals surface area contributed by atoms with Gasteiger partial charge in [-0.3, -0.25) is 4.90 Å². The van der Waals surface area contributed by atoms with Crippen LogP contribution in [0.2, 0.25) is 5.15 Å². The third kappa shape index (κ3) is 5.41. The first-order valence-electron chi connectivity index (χ1n) is 7.54. The van der Waals surface area contributed by atoms with Gasteiger partial charge in [0.25, 0.3) is 0 Å². The third-order valence-corrected chi connectivity index (χ3v) is 3.62. The van der Waals surface area contributed by atoms with Gasteiger partial charge in [-0.05, 0) is 13.0 Å². The normalized spacial score (nSPS) is 17.0. The summed E-state index contributed by atoms with van der Waals surface area (Å²) < 4.78 is 5.34. The van der Waals surface area contributed by atoms with E-state index in [0.717, 1.165) is 57.5 Å². The Labute approximate surface area is 132 Å². The number of morpholine rings is 1. The molecule has 0 amide bonds. The lowest BCUT2D eigenvalue weighted by molar-refractivity contribution is 0.0378. The monoisotopic (exact) mass is 312 g/mol. The van der Waals surface area contributed by atoms with Gasteiger partial charge < -0.3 is 10.1 Å². The van der Waals surface area contributed by atoms with E-state index in [0.29, 0.717) is 5.15 Å². The smallest absolute Gasteiger partial charge is 0.137 e. The number of hydrogen-bond acceptors (Lipinski definition) is 5. The second-order valence-electron chi connectivity index (χ2n) is 6.38. The standard InChI is InChI=1S/C15H25ClN4O/c1-15(2,3)14-18-12(16)11-13(19-14)17-5-4-6-20-7-9-21-10-8-20/h11H,4-10H2,1-3H3,(H,17,18,19). The van der Waals surface area contributed by atoms with Crippen LogP contribution in [0, 0.1) is 0 Å². The van der Waals surface area contributed by atoms with Gasteiger partial charge in [-0.1, -0.05) is 32.4 Å². The van der Waals surface area contributed by atoms with Crippen molar-refractivity contribution in [1.29, 1.82) is 0 Å². The predicted molar refractivity (Wildman–Crippen MR) is 86.1 cm³/mol. The maximum atomic E-state index is 6.08. The van der Waals surface area contributed by atoms with Crippen LogP contribution in [0.15, 0.2) is 6.07 Å². The summed E-state index contributed by atoms with van der Waals surface area (Å²) in [7, 11) is 0. The van der Waals surface area contributed by atoms with Crippen LogP contribution >= 0.6 is 11.6 Å². The summed E-state index contributed by atoms with van der Waals surface area (Å²) in [6.45, 7) is 12.0. The lowest BCUT2D eigenvalue weighted by Crippen LogP contribution is -2.37. The fourth-order valence-corrected chi connectivity index (χ4v) is 2.37. The summed E-state index contributed by atoms with van der Waals surface area (Å²) >= 11 is 6.08. The first-order chi connectivity index (χ1) is 9.95. The number of nitrogens with one attached hydrogen (secondary N) is 1. The van der Waals surface area contributed by atoms with E-state index in [1.165, 1.54) is 0 Å². The van der Waals surface area contributed by atoms with Gasteiger partial charge in [0, 0.05) is 31.1 Å². The molecule has 0 saturated carbocycles. The molecule has 1 N–H and O–H groups in total. The molecule has 21 heavy (non-hydrogen) atoms. The summed E-state index contributed by atoms with van der Waals surface area (Å²) in [5.74, 6) is 1.58. The molecule has 1 aliphatic heterocycles. The lowest BCUT2D eigenvalue weighted by Gasteiger charge is -2.26. The van der Waals surface area contributed by atoms with Gasteiger partial charge in [0.1, 0.15) is 16.8 Å². The minimum Gasteiger partial charge on any atom is -0.379 e. The Hall–Kier alpha value is -0.910. The molecular weight excluding hydrogens is 288 g/mol. The summed E-state index contributed by atoms with van der Waals surface area (Å²) in [6, 6.07) is 1.78. The Kier molecular flexibility index (Phi) is 5.79. The topological polar surface area (TPSA) is 50.3 Å². The Balaban J connectivity index is 1.81. The Morgan fingerprint density at radius 1 is 1.29 bits per heavy atom. The van der Waals surface area contributed by atoms with Gasteiger partial charge in [0.05, 0.1) is 13.2 Å². The highest BCUT2D eigenvalue weighted by Crippen LogP contribution is 2.22. The van der Waals surface area contributed by atoms with Crippen molar-refractivity contribution in [2.45, 2.75) is 32.6 Å². The summed E-state index contributed by atoms with van der Waals surface area (Å²) in [4.78, 5) is 11.3. The molecule has 1 saturated heterocycles. The lowest BCUT2D eigenvalue weighted by atomic mass is 9.96. The second kappa shape index (κ2) is 7.38. The van der Waals surface area contributed by atoms with E-state index < -0.39 is 0 Å². The van der Waals surface area contributed by atoms with Crippen molar-refractivity contribution < 1.29 is 4.74 Å². The molecule has 0 aromatic carbocycles. The quantitative estimate of drug-likeness (QED) is 0.669. The highest BCUT2D eigenvalue weighted by Gasteiger charge is 2.18. The summed E-state index contributed by atoms with van der Waals surface area (Å²) in [5, 5.41) is 3.84. The molecule has 0 bridgehead atoms. The van der Waals surface area contributed by atoms with Crippen LogP contribution in [0.5, 0.6) is 0 Å². The fourth-order valence-electron chi connectivity index (χ4n) is 2.19. The van der Waals surface area contributed by atoms with Crippen molar-refractivity contribution in [3.05, 3.63) is 17.0 Å². The van der Waals surface area contributed by atoms with Crippen molar-refractivity contribution in [2.75, 3.05) is 44.7 Å². The van der Waals surface area contributed by atoms with Gasteiger partial charge in [0.15, 0.2) is 0 Å². The number of rotatable bonds is 5. The van der Waals surface area contributed by atoms with E-state index in [2.05, 4.69) is 41.0 Å². The van der Waals surface area contributed by atoms with E-state index in [1.807, 2.05) is 0 Å². The van der Waals surface area contributed by atoms with Crippen molar-refractivity contribution in [3.63, 3.8) is 0 Å². The minimum atomic E-state index is -0.102. The van der Waals surface area contributed by atoms with E-state index >= 15 is 0 Å². The number of anilines is 1. The average molecular weight is 313 g/mol. The fraction of sp³-hybridized carbons (Fsp3) is 0.733. The van der Waals surface area contributed by atoms with Crippen molar-refractivity contribution in [2.24, 2.45) is 0 Å². The average Bonchev–Trinajstić information content (AvgIpc) is 2.43. The summed E-state index contributed by atoms with van der Waals surface area (Å²) in [5.41, 5.74) is -0.102. The van der Waals surface area contributed by atoms with E-state index in [1.54, 1.807) is 6.07 Å². The van der Waals surface area contributed by atoms with Crippen LogP contribution in [-0.4, -0.2) is 54.3 Å².